The molecule has 260 valence electrons. The molecule has 55 heavy (non-hydrogen) atoms. The van der Waals surface area contributed by atoms with E-state index in [-0.39, 0.29) is 5.41 Å². The maximum atomic E-state index is 6.56. The Morgan fingerprint density at radius 3 is 1.87 bits per heavy atom. The van der Waals surface area contributed by atoms with E-state index in [4.69, 9.17) is 4.42 Å². The van der Waals surface area contributed by atoms with Crippen LogP contribution in [0.2, 0.25) is 0 Å². The number of nitrogens with zero attached hydrogens (tertiary/aromatic N) is 1. The fourth-order valence-corrected chi connectivity index (χ4v) is 9.32. The van der Waals surface area contributed by atoms with Crippen molar-refractivity contribution >= 4 is 60.5 Å². The molecular weight excluding hydrogens is 667 g/mol. The van der Waals surface area contributed by atoms with Crippen molar-refractivity contribution in [2.45, 2.75) is 19.3 Å². The Morgan fingerprint density at radius 2 is 1.02 bits per heavy atom. The maximum absolute atomic E-state index is 6.56. The summed E-state index contributed by atoms with van der Waals surface area (Å²) in [5.41, 5.74) is 15.3. The minimum absolute atomic E-state index is 0.0975. The summed E-state index contributed by atoms with van der Waals surface area (Å²) in [6.07, 6.45) is 0. The summed E-state index contributed by atoms with van der Waals surface area (Å²) in [6.45, 7) is 4.72. The predicted octanol–water partition coefficient (Wildman–Crippen LogP) is 15.0. The third-order valence-corrected chi connectivity index (χ3v) is 11.8. The highest BCUT2D eigenvalue weighted by Crippen LogP contribution is 2.53. The summed E-state index contributed by atoms with van der Waals surface area (Å²) in [4.78, 5) is 2.44. The van der Waals surface area contributed by atoms with Gasteiger partial charge in [0.15, 0.2) is 0 Å². The standard InChI is InChI=1S/C53H37NO/c1-53(2)46-24-9-7-19-41(46)44-23-12-21-40(52(44)53)35-28-30-38(31-29-35)54(47-26-11-17-34-14-5-6-18-39(34)47)48-25-10-8-20-42(48)43-22-13-27-49-51(43)45-32-36-15-3-4-16-37(36)33-50(45)55-49/h3-33H,1-2H3. The number of rotatable bonds is 5. The van der Waals surface area contributed by atoms with Gasteiger partial charge in [-0.15, -0.1) is 0 Å². The third-order valence-electron chi connectivity index (χ3n) is 11.8. The van der Waals surface area contributed by atoms with Crippen molar-refractivity contribution in [2.75, 3.05) is 4.90 Å². The SMILES string of the molecule is CC1(C)c2ccccc2-c2cccc(-c3ccc(N(c4ccccc4-c4cccc5oc6cc7ccccc7cc6c45)c4cccc5ccccc45)cc3)c21. The Labute approximate surface area is 320 Å². The van der Waals surface area contributed by atoms with Gasteiger partial charge in [0.2, 0.25) is 0 Å². The number of benzene rings is 9. The van der Waals surface area contributed by atoms with Crippen LogP contribution in [0.3, 0.4) is 0 Å². The number of hydrogen-bond donors (Lipinski definition) is 0. The largest absolute Gasteiger partial charge is 0.456 e. The van der Waals surface area contributed by atoms with Crippen LogP contribution < -0.4 is 4.90 Å². The van der Waals surface area contributed by atoms with Gasteiger partial charge in [-0.05, 0) is 97.6 Å². The number of fused-ring (bicyclic) bond motifs is 8. The molecule has 11 rings (SSSR count). The molecule has 1 aromatic heterocycles. The normalized spacial score (nSPS) is 13.1. The predicted molar refractivity (Wildman–Crippen MR) is 232 cm³/mol. The van der Waals surface area contributed by atoms with Crippen molar-refractivity contribution in [3.05, 3.63) is 199 Å². The van der Waals surface area contributed by atoms with Gasteiger partial charge in [0.1, 0.15) is 11.2 Å². The molecule has 0 atom stereocenters. The number of furan rings is 1. The molecule has 0 saturated heterocycles. The van der Waals surface area contributed by atoms with Gasteiger partial charge in [0.05, 0.1) is 11.4 Å². The number of hydrogen-bond acceptors (Lipinski definition) is 2. The van der Waals surface area contributed by atoms with E-state index in [2.05, 4.69) is 207 Å². The highest BCUT2D eigenvalue weighted by Gasteiger charge is 2.37. The van der Waals surface area contributed by atoms with Crippen molar-refractivity contribution in [1.29, 1.82) is 0 Å². The zero-order valence-electron chi connectivity index (χ0n) is 30.8. The molecule has 0 saturated carbocycles. The molecule has 0 fully saturated rings. The van der Waals surface area contributed by atoms with Crippen molar-refractivity contribution in [3.63, 3.8) is 0 Å². The molecule has 0 unspecified atom stereocenters. The van der Waals surface area contributed by atoms with E-state index in [0.29, 0.717) is 0 Å². The van der Waals surface area contributed by atoms with Crippen LogP contribution in [-0.2, 0) is 5.41 Å². The van der Waals surface area contributed by atoms with Gasteiger partial charge >= 0.3 is 0 Å². The Kier molecular flexibility index (Phi) is 6.93. The molecule has 1 aliphatic carbocycles. The molecule has 0 N–H and O–H groups in total. The summed E-state index contributed by atoms with van der Waals surface area (Å²) in [5, 5.41) is 7.04. The van der Waals surface area contributed by atoms with Gasteiger partial charge in [0.25, 0.3) is 0 Å². The second-order valence-corrected chi connectivity index (χ2v) is 15.3. The molecule has 0 bridgehead atoms. The van der Waals surface area contributed by atoms with E-state index in [9.17, 15) is 0 Å². The molecule has 0 amide bonds. The summed E-state index contributed by atoms with van der Waals surface area (Å²) >= 11 is 0. The molecule has 1 aliphatic rings. The Balaban J connectivity index is 1.11. The summed E-state index contributed by atoms with van der Waals surface area (Å²) in [7, 11) is 0. The molecule has 2 heteroatoms. The zero-order valence-corrected chi connectivity index (χ0v) is 30.8. The van der Waals surface area contributed by atoms with E-state index >= 15 is 0 Å². The van der Waals surface area contributed by atoms with E-state index in [1.165, 1.54) is 54.9 Å². The average molecular weight is 704 g/mol. The summed E-state index contributed by atoms with van der Waals surface area (Å²) in [5.74, 6) is 0. The molecule has 0 radical (unpaired) electrons. The summed E-state index contributed by atoms with van der Waals surface area (Å²) < 4.78 is 6.56. The van der Waals surface area contributed by atoms with Gasteiger partial charge in [-0.25, -0.2) is 0 Å². The molecule has 0 spiro atoms. The van der Waals surface area contributed by atoms with Crippen molar-refractivity contribution in [1.82, 2.24) is 0 Å². The van der Waals surface area contributed by atoms with Crippen LogP contribution in [0.15, 0.2) is 192 Å². The second-order valence-electron chi connectivity index (χ2n) is 15.3. The quantitative estimate of drug-likeness (QED) is 0.177. The lowest BCUT2D eigenvalue weighted by atomic mass is 9.79. The second kappa shape index (κ2) is 12.1. The Hall–Kier alpha value is -6.90. The molecule has 9 aromatic carbocycles. The Morgan fingerprint density at radius 1 is 0.418 bits per heavy atom. The van der Waals surface area contributed by atoms with Crippen molar-refractivity contribution < 1.29 is 4.42 Å². The van der Waals surface area contributed by atoms with E-state index in [1.807, 2.05) is 0 Å². The zero-order chi connectivity index (χ0) is 36.7. The van der Waals surface area contributed by atoms with Crippen molar-refractivity contribution in [3.8, 4) is 33.4 Å². The van der Waals surface area contributed by atoms with Crippen LogP contribution in [0.25, 0.3) is 76.9 Å². The van der Waals surface area contributed by atoms with E-state index < -0.39 is 0 Å². The Bertz CT molecular complexity index is 3120. The fraction of sp³-hybridized carbons (Fsp3) is 0.0566. The minimum atomic E-state index is -0.0975. The van der Waals surface area contributed by atoms with Gasteiger partial charge in [0, 0.05) is 32.8 Å². The molecule has 10 aromatic rings. The van der Waals surface area contributed by atoms with Gasteiger partial charge < -0.3 is 9.32 Å². The lowest BCUT2D eigenvalue weighted by Gasteiger charge is -2.29. The first-order valence-corrected chi connectivity index (χ1v) is 19.1. The van der Waals surface area contributed by atoms with Crippen LogP contribution in [-0.4, -0.2) is 0 Å². The first-order valence-electron chi connectivity index (χ1n) is 19.1. The van der Waals surface area contributed by atoms with Gasteiger partial charge in [-0.1, -0.05) is 159 Å². The maximum Gasteiger partial charge on any atom is 0.136 e. The smallest absolute Gasteiger partial charge is 0.136 e. The monoisotopic (exact) mass is 703 g/mol. The lowest BCUT2D eigenvalue weighted by molar-refractivity contribution is 0.662. The van der Waals surface area contributed by atoms with E-state index in [1.54, 1.807) is 0 Å². The topological polar surface area (TPSA) is 16.4 Å². The minimum Gasteiger partial charge on any atom is -0.456 e. The molecule has 1 heterocycles. The van der Waals surface area contributed by atoms with Crippen molar-refractivity contribution in [2.24, 2.45) is 0 Å². The number of anilines is 3. The average Bonchev–Trinajstić information content (AvgIpc) is 3.72. The molecular formula is C53H37NO. The van der Waals surface area contributed by atoms with Crippen LogP contribution in [0.1, 0.15) is 25.0 Å². The van der Waals surface area contributed by atoms with Crippen LogP contribution in [0, 0.1) is 0 Å². The molecule has 2 nitrogen and oxygen atoms in total. The van der Waals surface area contributed by atoms with Crippen LogP contribution >= 0.6 is 0 Å². The highest BCUT2D eigenvalue weighted by molar-refractivity contribution is 6.17. The van der Waals surface area contributed by atoms with E-state index in [0.717, 1.165) is 50.1 Å². The number of para-hydroxylation sites is 1. The van der Waals surface area contributed by atoms with Gasteiger partial charge in [-0.2, -0.15) is 0 Å². The first-order chi connectivity index (χ1) is 27.0. The third kappa shape index (κ3) is 4.81. The first kappa shape index (κ1) is 31.6. The fourth-order valence-electron chi connectivity index (χ4n) is 9.32. The van der Waals surface area contributed by atoms with Crippen LogP contribution in [0.5, 0.6) is 0 Å². The van der Waals surface area contributed by atoms with Crippen LogP contribution in [0.4, 0.5) is 17.1 Å². The lowest BCUT2D eigenvalue weighted by Crippen LogP contribution is -2.16. The summed E-state index contributed by atoms with van der Waals surface area (Å²) in [6, 6.07) is 68.4. The molecule has 0 aliphatic heterocycles. The van der Waals surface area contributed by atoms with Gasteiger partial charge in [-0.3, -0.25) is 0 Å². The highest BCUT2D eigenvalue weighted by atomic mass is 16.3.